The molecule has 8 heteroatoms. The minimum atomic E-state index is -0.570. The van der Waals surface area contributed by atoms with Crippen molar-refractivity contribution in [3.05, 3.63) is 82.1 Å². The molecule has 4 heterocycles. The Labute approximate surface area is 189 Å². The number of halogens is 1. The van der Waals surface area contributed by atoms with Gasteiger partial charge in [0.1, 0.15) is 17.6 Å². The highest BCUT2D eigenvalue weighted by Gasteiger charge is 2.37. The van der Waals surface area contributed by atoms with Crippen LogP contribution in [-0.2, 0) is 17.6 Å². The van der Waals surface area contributed by atoms with Crippen molar-refractivity contribution in [1.29, 1.82) is 0 Å². The normalized spacial score (nSPS) is 15.7. The number of aryl methyl sites for hydroxylation is 2. The molecule has 1 unspecified atom stereocenters. The third kappa shape index (κ3) is 3.54. The van der Waals surface area contributed by atoms with Crippen molar-refractivity contribution < 1.29 is 13.9 Å². The third-order valence-corrected chi connectivity index (χ3v) is 6.60. The van der Waals surface area contributed by atoms with Gasteiger partial charge < -0.3 is 9.64 Å². The number of rotatable bonds is 5. The van der Waals surface area contributed by atoms with E-state index in [0.29, 0.717) is 30.7 Å². The zero-order valence-corrected chi connectivity index (χ0v) is 18.7. The molecular formula is C24H23FN4O2S. The van der Waals surface area contributed by atoms with E-state index in [-0.39, 0.29) is 18.3 Å². The first-order valence-corrected chi connectivity index (χ1v) is 11.5. The summed E-state index contributed by atoms with van der Waals surface area (Å²) in [5.41, 5.74) is 3.86. The van der Waals surface area contributed by atoms with E-state index in [2.05, 4.69) is 4.98 Å². The molecule has 4 aromatic rings. The fraction of sp³-hybridized carbons (Fsp3) is 0.292. The van der Waals surface area contributed by atoms with Gasteiger partial charge in [0.25, 0.3) is 5.91 Å². The molecule has 0 N–H and O–H groups in total. The van der Waals surface area contributed by atoms with Crippen LogP contribution in [0.5, 0.6) is 5.75 Å². The number of carbonyl (C=O) groups is 1. The van der Waals surface area contributed by atoms with Crippen LogP contribution in [0.4, 0.5) is 4.39 Å². The maximum atomic E-state index is 15.1. The second kappa shape index (κ2) is 8.35. The lowest BCUT2D eigenvalue weighted by Crippen LogP contribution is -2.43. The molecule has 0 saturated heterocycles. The van der Waals surface area contributed by atoms with Gasteiger partial charge in [-0.05, 0) is 37.1 Å². The number of carbonyl (C=O) groups excluding carboxylic acids is 1. The number of hydrogen-bond donors (Lipinski definition) is 0. The Hall–Kier alpha value is -3.26. The second-order valence-corrected chi connectivity index (χ2v) is 8.73. The Morgan fingerprint density at radius 1 is 1.34 bits per heavy atom. The standard InChI is InChI=1S/C24H23FN4O2S/c1-3-18-20(5-4-9-26-18)31-14-21(30)28-10-8-19-23(29-11-12-32-24(29)27-19)22(28)16-7-6-15(2)13-17(16)25/h4-7,9,11-13,22H,3,8,10,14H2,1-2H3. The van der Waals surface area contributed by atoms with Crippen LogP contribution in [0.1, 0.15) is 41.2 Å². The number of ether oxygens (including phenoxy) is 1. The largest absolute Gasteiger partial charge is 0.482 e. The van der Waals surface area contributed by atoms with Gasteiger partial charge in [-0.2, -0.15) is 0 Å². The number of fused-ring (bicyclic) bond motifs is 3. The first-order valence-electron chi connectivity index (χ1n) is 10.6. The van der Waals surface area contributed by atoms with E-state index >= 15 is 4.39 Å². The number of nitrogens with zero attached hydrogens (tertiary/aromatic N) is 4. The number of aromatic nitrogens is 3. The average molecular weight is 451 g/mol. The number of hydrogen-bond acceptors (Lipinski definition) is 5. The summed E-state index contributed by atoms with van der Waals surface area (Å²) in [6.45, 7) is 4.16. The molecule has 1 amide bonds. The molecule has 1 aliphatic heterocycles. The van der Waals surface area contributed by atoms with Gasteiger partial charge in [0.2, 0.25) is 0 Å². The highest BCUT2D eigenvalue weighted by molar-refractivity contribution is 7.15. The molecule has 0 bridgehead atoms. The van der Waals surface area contributed by atoms with E-state index in [9.17, 15) is 4.79 Å². The summed E-state index contributed by atoms with van der Waals surface area (Å²) in [5.74, 6) is 0.0766. The summed E-state index contributed by atoms with van der Waals surface area (Å²) >= 11 is 1.53. The van der Waals surface area contributed by atoms with Gasteiger partial charge in [0.15, 0.2) is 11.6 Å². The molecular weight excluding hydrogens is 427 g/mol. The number of pyridine rings is 1. The topological polar surface area (TPSA) is 59.7 Å². The molecule has 1 atom stereocenters. The Morgan fingerprint density at radius 3 is 3.03 bits per heavy atom. The highest BCUT2D eigenvalue weighted by Crippen LogP contribution is 2.38. The van der Waals surface area contributed by atoms with Gasteiger partial charge >= 0.3 is 0 Å². The molecule has 1 aliphatic rings. The van der Waals surface area contributed by atoms with E-state index in [1.807, 2.05) is 42.0 Å². The van der Waals surface area contributed by atoms with Crippen LogP contribution in [0, 0.1) is 12.7 Å². The van der Waals surface area contributed by atoms with E-state index in [1.54, 1.807) is 23.2 Å². The fourth-order valence-electron chi connectivity index (χ4n) is 4.30. The van der Waals surface area contributed by atoms with E-state index < -0.39 is 6.04 Å². The number of benzene rings is 1. The maximum absolute atomic E-state index is 15.1. The highest BCUT2D eigenvalue weighted by atomic mass is 32.1. The molecule has 0 saturated carbocycles. The third-order valence-electron chi connectivity index (χ3n) is 5.84. The molecule has 1 aromatic carbocycles. The maximum Gasteiger partial charge on any atom is 0.261 e. The molecule has 0 radical (unpaired) electrons. The van der Waals surface area contributed by atoms with E-state index in [0.717, 1.165) is 27.6 Å². The average Bonchev–Trinajstić information content (AvgIpc) is 3.38. The van der Waals surface area contributed by atoms with E-state index in [1.165, 1.54) is 17.4 Å². The summed E-state index contributed by atoms with van der Waals surface area (Å²) in [7, 11) is 0. The lowest BCUT2D eigenvalue weighted by Gasteiger charge is -2.36. The molecule has 6 nitrogen and oxygen atoms in total. The van der Waals surface area contributed by atoms with Gasteiger partial charge in [0, 0.05) is 36.3 Å². The molecule has 0 aliphatic carbocycles. The quantitative estimate of drug-likeness (QED) is 0.454. The smallest absolute Gasteiger partial charge is 0.261 e. The SMILES string of the molecule is CCc1ncccc1OCC(=O)N1CCc2nc3sccn3c2C1c1ccc(C)cc1F. The van der Waals surface area contributed by atoms with Gasteiger partial charge in [-0.3, -0.25) is 14.2 Å². The van der Waals surface area contributed by atoms with Crippen LogP contribution < -0.4 is 4.74 Å². The minimum absolute atomic E-state index is 0.135. The van der Waals surface area contributed by atoms with Gasteiger partial charge in [0.05, 0.1) is 17.1 Å². The molecule has 32 heavy (non-hydrogen) atoms. The van der Waals surface area contributed by atoms with Crippen molar-refractivity contribution in [3.63, 3.8) is 0 Å². The van der Waals surface area contributed by atoms with Crippen LogP contribution in [0.25, 0.3) is 4.96 Å². The Balaban J connectivity index is 1.52. The first kappa shape index (κ1) is 20.6. The Kier molecular flexibility index (Phi) is 5.38. The number of thiazole rings is 1. The zero-order chi connectivity index (χ0) is 22.2. The van der Waals surface area contributed by atoms with E-state index in [4.69, 9.17) is 9.72 Å². The van der Waals surface area contributed by atoms with Crippen molar-refractivity contribution >= 4 is 22.2 Å². The van der Waals surface area contributed by atoms with Gasteiger partial charge in [-0.1, -0.05) is 19.1 Å². The number of imidazole rings is 1. The van der Waals surface area contributed by atoms with Crippen molar-refractivity contribution in [3.8, 4) is 5.75 Å². The van der Waals surface area contributed by atoms with Crippen LogP contribution in [-0.4, -0.2) is 38.3 Å². The summed E-state index contributed by atoms with van der Waals surface area (Å²) in [6, 6.07) is 8.19. The molecule has 0 fully saturated rings. The van der Waals surface area contributed by atoms with Crippen LogP contribution in [0.15, 0.2) is 48.1 Å². The fourth-order valence-corrected chi connectivity index (χ4v) is 5.04. The predicted octanol–water partition coefficient (Wildman–Crippen LogP) is 4.35. The van der Waals surface area contributed by atoms with Crippen molar-refractivity contribution in [2.75, 3.05) is 13.2 Å². The molecule has 3 aromatic heterocycles. The Bertz CT molecular complexity index is 1300. The lowest BCUT2D eigenvalue weighted by atomic mass is 9.94. The van der Waals surface area contributed by atoms with Crippen molar-refractivity contribution in [2.24, 2.45) is 0 Å². The first-order chi connectivity index (χ1) is 15.6. The van der Waals surface area contributed by atoms with Crippen LogP contribution >= 0.6 is 11.3 Å². The number of amides is 1. The van der Waals surface area contributed by atoms with Crippen LogP contribution in [0.2, 0.25) is 0 Å². The molecule has 0 spiro atoms. The molecule has 164 valence electrons. The summed E-state index contributed by atoms with van der Waals surface area (Å²) in [6.07, 6.45) is 4.97. The van der Waals surface area contributed by atoms with Gasteiger partial charge in [-0.25, -0.2) is 9.37 Å². The lowest BCUT2D eigenvalue weighted by molar-refractivity contribution is -0.135. The second-order valence-electron chi connectivity index (χ2n) is 7.85. The monoisotopic (exact) mass is 450 g/mol. The zero-order valence-electron chi connectivity index (χ0n) is 17.9. The van der Waals surface area contributed by atoms with Crippen LogP contribution in [0.3, 0.4) is 0 Å². The predicted molar refractivity (Wildman–Crippen MR) is 121 cm³/mol. The van der Waals surface area contributed by atoms with Gasteiger partial charge in [-0.15, -0.1) is 11.3 Å². The van der Waals surface area contributed by atoms with Crippen molar-refractivity contribution in [2.45, 2.75) is 32.7 Å². The summed E-state index contributed by atoms with van der Waals surface area (Å²) < 4.78 is 23.0. The Morgan fingerprint density at radius 2 is 2.22 bits per heavy atom. The molecule has 5 rings (SSSR count). The summed E-state index contributed by atoms with van der Waals surface area (Å²) in [5, 5.41) is 1.95. The minimum Gasteiger partial charge on any atom is -0.482 e. The summed E-state index contributed by atoms with van der Waals surface area (Å²) in [4.78, 5) is 25.0. The van der Waals surface area contributed by atoms with Crippen molar-refractivity contribution in [1.82, 2.24) is 19.3 Å².